The van der Waals surface area contributed by atoms with Crippen molar-refractivity contribution in [3.8, 4) is 44.5 Å². The third kappa shape index (κ3) is 11.1. The van der Waals surface area contributed by atoms with E-state index in [2.05, 4.69) is 308 Å². The van der Waals surface area contributed by atoms with Gasteiger partial charge in [-0.3, -0.25) is 0 Å². The van der Waals surface area contributed by atoms with Crippen LogP contribution < -0.4 is 30.5 Å². The fraction of sp³-hybridized carbons (Fsp3) is 0.179. The summed E-state index contributed by atoms with van der Waals surface area (Å²) >= 11 is 0. The van der Waals surface area contributed by atoms with Crippen molar-refractivity contribution in [3.05, 3.63) is 241 Å². The van der Waals surface area contributed by atoms with Gasteiger partial charge in [-0.15, -0.1) is 0 Å². The third-order valence-corrected chi connectivity index (χ3v) is 25.7. The van der Waals surface area contributed by atoms with Gasteiger partial charge in [-0.1, -0.05) is 257 Å². The Morgan fingerprint density at radius 2 is 0.593 bits per heavy atom. The molecule has 0 amide bonds. The predicted molar refractivity (Wildman–Crippen MR) is 383 cm³/mol. The lowest BCUT2D eigenvalue weighted by atomic mass is 9.90. The summed E-state index contributed by atoms with van der Waals surface area (Å²) in [6.45, 7) is 32.5. The van der Waals surface area contributed by atoms with Gasteiger partial charge in [0.2, 0.25) is 0 Å². The highest BCUT2D eigenvalue weighted by molar-refractivity contribution is 6.90. The van der Waals surface area contributed by atoms with Crippen LogP contribution in [0.2, 0.25) is 78.6 Å². The average Bonchev–Trinajstić information content (AvgIpc) is 0.750. The highest BCUT2D eigenvalue weighted by atomic mass is 28.3. The molecule has 0 aliphatic rings. The number of halogens is 2. The van der Waals surface area contributed by atoms with E-state index in [0.29, 0.717) is 11.4 Å². The van der Waals surface area contributed by atoms with E-state index in [9.17, 15) is 0 Å². The molecule has 0 radical (unpaired) electrons. The maximum Gasteiger partial charge on any atom is 0.148 e. The summed E-state index contributed by atoms with van der Waals surface area (Å²) in [4.78, 5) is 4.31. The minimum absolute atomic E-state index is 0.313. The molecule has 0 atom stereocenters. The Hall–Kier alpha value is -7.99. The Balaban J connectivity index is 1.11. The standard InChI is InChI=1S/C78H78F2N2Si4/c1-51-17-15-19-61(45-51)81(77-69(55-25-37-65(38-26-55)85(9,10)11)47-59(49-71(77)79)53-21-33-63(34-22-53)83(3,4)5)73-43-31-57-30-42-68-74(44-32-58-29-41-67(73)75(57)76(58)68)82(62-20-16-18-52(2)46-62)78-70(56-27-39-66(40-28-56)86(12,13)14)48-60(50-72(78)80)54-23-35-64(36-24-54)84(6,7)8/h15-50H,1-14H3. The van der Waals surface area contributed by atoms with E-state index in [0.717, 1.165) is 111 Å². The van der Waals surface area contributed by atoms with Crippen LogP contribution in [0.1, 0.15) is 11.1 Å². The van der Waals surface area contributed by atoms with Crippen molar-refractivity contribution in [1.82, 2.24) is 0 Å². The van der Waals surface area contributed by atoms with Crippen LogP contribution in [0.5, 0.6) is 0 Å². The van der Waals surface area contributed by atoms with E-state index in [1.54, 1.807) is 12.1 Å². The van der Waals surface area contributed by atoms with E-state index in [-0.39, 0.29) is 11.6 Å². The topological polar surface area (TPSA) is 6.48 Å². The number of hydrogen-bond acceptors (Lipinski definition) is 2. The Labute approximate surface area is 512 Å². The molecule has 0 bridgehead atoms. The number of rotatable bonds is 14. The van der Waals surface area contributed by atoms with Gasteiger partial charge in [-0.25, -0.2) is 8.78 Å². The minimum atomic E-state index is -1.67. The Bertz CT molecular complexity index is 4230. The van der Waals surface area contributed by atoms with Gasteiger partial charge in [0.1, 0.15) is 11.6 Å². The third-order valence-electron chi connectivity index (χ3n) is 17.5. The Kier molecular flexibility index (Phi) is 15.0. The lowest BCUT2D eigenvalue weighted by Crippen LogP contribution is -2.37. The summed E-state index contributed by atoms with van der Waals surface area (Å²) in [5, 5.41) is 11.6. The van der Waals surface area contributed by atoms with E-state index in [4.69, 9.17) is 0 Å². The number of anilines is 6. The lowest BCUT2D eigenvalue weighted by Gasteiger charge is -2.32. The van der Waals surface area contributed by atoms with Crippen molar-refractivity contribution in [2.45, 2.75) is 92.4 Å². The summed E-state index contributed by atoms with van der Waals surface area (Å²) in [5.41, 5.74) is 13.7. The fourth-order valence-electron chi connectivity index (χ4n) is 12.5. The molecular weight excluding hydrogens is 1120 g/mol. The molecule has 0 N–H and O–H groups in total. The second-order valence-corrected chi connectivity index (χ2v) is 48.3. The van der Waals surface area contributed by atoms with Crippen molar-refractivity contribution in [2.75, 3.05) is 9.80 Å². The summed E-state index contributed by atoms with van der Waals surface area (Å²) in [6, 6.07) is 77.6. The summed E-state index contributed by atoms with van der Waals surface area (Å²) in [5.74, 6) is -0.626. The summed E-state index contributed by atoms with van der Waals surface area (Å²) in [7, 11) is -6.50. The second kappa shape index (κ2) is 22.1. The van der Waals surface area contributed by atoms with Crippen LogP contribution in [-0.4, -0.2) is 32.3 Å². The average molecular weight is 1190 g/mol. The molecule has 0 aliphatic carbocycles. The molecule has 0 heterocycles. The molecule has 86 heavy (non-hydrogen) atoms. The van der Waals surface area contributed by atoms with Crippen LogP contribution >= 0.6 is 0 Å². The van der Waals surface area contributed by atoms with Crippen molar-refractivity contribution in [3.63, 3.8) is 0 Å². The van der Waals surface area contributed by atoms with Gasteiger partial charge >= 0.3 is 0 Å². The van der Waals surface area contributed by atoms with Gasteiger partial charge in [-0.05, 0) is 141 Å². The smallest absolute Gasteiger partial charge is 0.148 e. The SMILES string of the molecule is Cc1cccc(N(c2c(F)cc(-c3ccc([Si](C)(C)C)cc3)cc2-c2ccc([Si](C)(C)C)cc2)c2ccc3ccc4c(N(c5cccc(C)c5)c5c(F)cc(-c6ccc([Si](C)(C)C)cc6)cc5-c5ccc([Si](C)(C)C)cc5)ccc5ccc2c3c54)c1. The quantitative estimate of drug-likeness (QED) is 0.0791. The van der Waals surface area contributed by atoms with Gasteiger partial charge < -0.3 is 9.80 Å². The lowest BCUT2D eigenvalue weighted by molar-refractivity contribution is 0.629. The van der Waals surface area contributed by atoms with Crippen LogP contribution in [-0.2, 0) is 0 Å². The van der Waals surface area contributed by atoms with Gasteiger partial charge in [0, 0.05) is 33.3 Å². The Morgan fingerprint density at radius 3 is 0.895 bits per heavy atom. The zero-order chi connectivity index (χ0) is 60.8. The second-order valence-electron chi connectivity index (χ2n) is 28.0. The van der Waals surface area contributed by atoms with Crippen LogP contribution in [0.15, 0.2) is 218 Å². The van der Waals surface area contributed by atoms with Crippen LogP contribution in [0.25, 0.3) is 76.8 Å². The van der Waals surface area contributed by atoms with Gasteiger partial charge in [0.25, 0.3) is 0 Å². The molecule has 430 valence electrons. The van der Waals surface area contributed by atoms with E-state index < -0.39 is 32.3 Å². The molecule has 0 unspecified atom stereocenters. The van der Waals surface area contributed by atoms with E-state index >= 15 is 8.78 Å². The first-order valence-corrected chi connectivity index (χ1v) is 44.3. The summed E-state index contributed by atoms with van der Waals surface area (Å²) < 4.78 is 36.8. The molecule has 0 fully saturated rings. The molecule has 8 heteroatoms. The molecule has 2 nitrogen and oxygen atoms in total. The minimum Gasteiger partial charge on any atom is -0.307 e. The predicted octanol–water partition coefficient (Wildman–Crippen LogP) is 21.3. The van der Waals surface area contributed by atoms with E-state index in [1.165, 1.54) is 20.7 Å². The number of hydrogen-bond donors (Lipinski definition) is 0. The number of nitrogens with zero attached hydrogens (tertiary/aromatic N) is 2. The van der Waals surface area contributed by atoms with Gasteiger partial charge in [0.15, 0.2) is 0 Å². The first-order valence-electron chi connectivity index (χ1n) is 30.3. The molecule has 0 aromatic heterocycles. The largest absolute Gasteiger partial charge is 0.307 e. The van der Waals surface area contributed by atoms with Crippen LogP contribution in [0, 0.1) is 25.5 Å². The first kappa shape index (κ1) is 58.4. The summed E-state index contributed by atoms with van der Waals surface area (Å²) in [6.07, 6.45) is 0. The molecule has 12 aromatic rings. The molecule has 0 aliphatic heterocycles. The zero-order valence-electron chi connectivity index (χ0n) is 52.4. The zero-order valence-corrected chi connectivity index (χ0v) is 56.4. The highest BCUT2D eigenvalue weighted by Crippen LogP contribution is 2.52. The van der Waals surface area contributed by atoms with Gasteiger partial charge in [-0.2, -0.15) is 0 Å². The molecule has 12 aromatic carbocycles. The number of aryl methyl sites for hydroxylation is 2. The van der Waals surface area contributed by atoms with Crippen molar-refractivity contribution in [1.29, 1.82) is 0 Å². The molecule has 0 spiro atoms. The van der Waals surface area contributed by atoms with Crippen LogP contribution in [0.4, 0.5) is 42.9 Å². The van der Waals surface area contributed by atoms with Crippen molar-refractivity contribution in [2.24, 2.45) is 0 Å². The van der Waals surface area contributed by atoms with Crippen LogP contribution in [0.3, 0.4) is 0 Å². The van der Waals surface area contributed by atoms with Crippen molar-refractivity contribution < 1.29 is 8.78 Å². The van der Waals surface area contributed by atoms with E-state index in [1.807, 2.05) is 0 Å². The van der Waals surface area contributed by atoms with Crippen molar-refractivity contribution >= 4 is 119 Å². The first-order chi connectivity index (χ1) is 40.8. The fourth-order valence-corrected chi connectivity index (χ4v) is 17.2. The highest BCUT2D eigenvalue weighted by Gasteiger charge is 2.30. The normalized spacial score (nSPS) is 12.4. The molecular formula is C78H78F2N2Si4. The Morgan fingerprint density at radius 1 is 0.291 bits per heavy atom. The number of benzene rings is 12. The van der Waals surface area contributed by atoms with Gasteiger partial charge in [0.05, 0.1) is 55.0 Å². The molecule has 0 saturated carbocycles. The maximum atomic E-state index is 18.4. The molecule has 0 saturated heterocycles. The molecule has 12 rings (SSSR count). The maximum absolute atomic E-state index is 18.4. The monoisotopic (exact) mass is 1190 g/mol.